The minimum absolute atomic E-state index is 0.626. The predicted octanol–water partition coefficient (Wildman–Crippen LogP) is 2.75. The smallest absolute Gasteiger partial charge is 0.227 e. The number of rotatable bonds is 5. The molecule has 0 atom stereocenters. The Balaban J connectivity index is 1.52. The average molecular weight is 350 g/mol. The molecule has 0 saturated carbocycles. The summed E-state index contributed by atoms with van der Waals surface area (Å²) in [6.45, 7) is 4.03. The van der Waals surface area contributed by atoms with Gasteiger partial charge in [-0.25, -0.2) is 0 Å². The molecule has 0 amide bonds. The summed E-state index contributed by atoms with van der Waals surface area (Å²) in [7, 11) is 0. The molecule has 1 aromatic heterocycles. The van der Waals surface area contributed by atoms with E-state index in [0.717, 1.165) is 35.3 Å². The summed E-state index contributed by atoms with van der Waals surface area (Å²) < 4.78 is 11.9. The van der Waals surface area contributed by atoms with Crippen LogP contribution < -0.4 is 10.1 Å². The first kappa shape index (κ1) is 14.3. The highest BCUT2D eigenvalue weighted by atomic mass is 79.9. The molecule has 0 fully saturated rings. The van der Waals surface area contributed by atoms with Crippen LogP contribution in [0.3, 0.4) is 0 Å². The molecule has 3 rings (SSSR count). The lowest BCUT2D eigenvalue weighted by Gasteiger charge is -2.18. The van der Waals surface area contributed by atoms with E-state index in [9.17, 15) is 0 Å². The fourth-order valence-corrected chi connectivity index (χ4v) is 2.56. The molecule has 0 aliphatic carbocycles. The number of fused-ring (bicyclic) bond motifs is 1. The Morgan fingerprint density at radius 3 is 3.10 bits per heavy atom. The number of benzene rings is 1. The third-order valence-electron chi connectivity index (χ3n) is 3.18. The van der Waals surface area contributed by atoms with Crippen molar-refractivity contribution in [2.24, 2.45) is 0 Å². The second-order valence-corrected chi connectivity index (χ2v) is 5.85. The van der Waals surface area contributed by atoms with Crippen LogP contribution in [0.2, 0.25) is 0 Å². The van der Waals surface area contributed by atoms with Crippen molar-refractivity contribution >= 4 is 22.0 Å². The Morgan fingerprint density at radius 1 is 1.38 bits per heavy atom. The maximum atomic E-state index is 5.74. The quantitative estimate of drug-likeness (QED) is 0.841. The maximum absolute atomic E-state index is 5.74. The molecule has 6 heteroatoms. The van der Waals surface area contributed by atoms with Crippen LogP contribution in [0, 0.1) is 6.92 Å². The molecule has 1 N–H and O–H groups in total. The fraction of sp³-hybridized carbons (Fsp3) is 0.333. The highest BCUT2D eigenvalue weighted by Gasteiger charge is 2.11. The van der Waals surface area contributed by atoms with Gasteiger partial charge in [0.05, 0.1) is 0 Å². The van der Waals surface area contributed by atoms with Gasteiger partial charge in [-0.15, -0.1) is 0 Å². The zero-order chi connectivity index (χ0) is 14.7. The van der Waals surface area contributed by atoms with Crippen molar-refractivity contribution in [1.29, 1.82) is 0 Å². The van der Waals surface area contributed by atoms with E-state index < -0.39 is 0 Å². The first-order valence-electron chi connectivity index (χ1n) is 6.82. The molecule has 2 heterocycles. The molecular formula is C15H16BrN3O2. The molecule has 0 saturated heterocycles. The van der Waals surface area contributed by atoms with E-state index >= 15 is 0 Å². The van der Waals surface area contributed by atoms with Crippen LogP contribution >= 0.6 is 15.9 Å². The number of nitrogens with zero attached hydrogens (tertiary/aromatic N) is 2. The number of aryl methyl sites for hydroxylation is 1. The monoisotopic (exact) mass is 349 g/mol. The van der Waals surface area contributed by atoms with E-state index in [2.05, 4.69) is 43.5 Å². The minimum atomic E-state index is 0.626. The van der Waals surface area contributed by atoms with E-state index in [1.807, 2.05) is 19.1 Å². The van der Waals surface area contributed by atoms with Crippen LogP contribution in [0.15, 0.2) is 32.8 Å². The first-order chi connectivity index (χ1) is 10.2. The maximum Gasteiger partial charge on any atom is 0.227 e. The summed E-state index contributed by atoms with van der Waals surface area (Å²) in [5, 5.41) is 7.14. The molecule has 0 spiro atoms. The molecule has 2 aromatic rings. The number of aromatic nitrogens is 2. The number of nitrogens with one attached hydrogen (secondary N) is 1. The second kappa shape index (κ2) is 6.41. The van der Waals surface area contributed by atoms with E-state index in [4.69, 9.17) is 9.26 Å². The van der Waals surface area contributed by atoms with Crippen molar-refractivity contribution in [1.82, 2.24) is 15.5 Å². The Morgan fingerprint density at radius 2 is 2.29 bits per heavy atom. The van der Waals surface area contributed by atoms with E-state index in [-0.39, 0.29) is 0 Å². The molecule has 0 bridgehead atoms. The molecule has 1 aliphatic heterocycles. The van der Waals surface area contributed by atoms with Crippen molar-refractivity contribution < 1.29 is 9.26 Å². The number of halogens is 1. The summed E-state index contributed by atoms with van der Waals surface area (Å²) in [6, 6.07) is 6.04. The average Bonchev–Trinajstić information content (AvgIpc) is 2.89. The molecule has 0 unspecified atom stereocenters. The fourth-order valence-electron chi connectivity index (χ4n) is 2.18. The predicted molar refractivity (Wildman–Crippen MR) is 83.2 cm³/mol. The number of hydrogen-bond donors (Lipinski definition) is 1. The van der Waals surface area contributed by atoms with Crippen LogP contribution in [0.4, 0.5) is 0 Å². The lowest BCUT2D eigenvalue weighted by molar-refractivity contribution is 0.342. The third kappa shape index (κ3) is 3.71. The molecule has 0 radical (unpaired) electrons. The van der Waals surface area contributed by atoms with Crippen LogP contribution in [-0.2, 0) is 6.42 Å². The van der Waals surface area contributed by atoms with Gasteiger partial charge in [0.25, 0.3) is 0 Å². The number of ether oxygens (including phenoxy) is 1. The molecule has 5 nitrogen and oxygen atoms in total. The third-order valence-corrected chi connectivity index (χ3v) is 3.68. The Labute approximate surface area is 131 Å². The summed E-state index contributed by atoms with van der Waals surface area (Å²) in [4.78, 5) is 4.17. The van der Waals surface area contributed by atoms with Gasteiger partial charge in [-0.05, 0) is 36.8 Å². The van der Waals surface area contributed by atoms with Crippen LogP contribution in [-0.4, -0.2) is 29.8 Å². The lowest BCUT2D eigenvalue weighted by Crippen LogP contribution is -2.23. The van der Waals surface area contributed by atoms with Crippen LogP contribution in [0.25, 0.3) is 6.08 Å². The zero-order valence-electron chi connectivity index (χ0n) is 11.7. The summed E-state index contributed by atoms with van der Waals surface area (Å²) in [6.07, 6.45) is 2.91. The highest BCUT2D eigenvalue weighted by Crippen LogP contribution is 2.28. The Bertz CT molecular complexity index is 667. The molecule has 1 aromatic carbocycles. The van der Waals surface area contributed by atoms with Crippen molar-refractivity contribution in [3.05, 3.63) is 45.5 Å². The van der Waals surface area contributed by atoms with Crippen molar-refractivity contribution in [3.8, 4) is 5.75 Å². The Kier molecular flexibility index (Phi) is 4.36. The standard InChI is InChI=1S/C15H16BrN3O2/c1-10-18-15(21-19-10)4-5-17-8-11-6-12-7-13(16)2-3-14(12)20-9-11/h2-3,6-7,17H,4-5,8-9H2,1H3. The van der Waals surface area contributed by atoms with Gasteiger partial charge >= 0.3 is 0 Å². The van der Waals surface area contributed by atoms with E-state index in [1.54, 1.807) is 0 Å². The minimum Gasteiger partial charge on any atom is -0.489 e. The topological polar surface area (TPSA) is 60.2 Å². The molecule has 1 aliphatic rings. The van der Waals surface area contributed by atoms with Gasteiger partial charge in [-0.3, -0.25) is 0 Å². The van der Waals surface area contributed by atoms with Crippen molar-refractivity contribution in [3.63, 3.8) is 0 Å². The normalized spacial score (nSPS) is 13.5. The SMILES string of the molecule is Cc1noc(CCNCC2=Cc3cc(Br)ccc3OC2)n1. The molecular weight excluding hydrogens is 334 g/mol. The van der Waals surface area contributed by atoms with Gasteiger partial charge in [0.2, 0.25) is 5.89 Å². The van der Waals surface area contributed by atoms with Gasteiger partial charge in [0, 0.05) is 29.5 Å². The molecule has 110 valence electrons. The van der Waals surface area contributed by atoms with Crippen LogP contribution in [0.1, 0.15) is 17.3 Å². The van der Waals surface area contributed by atoms with E-state index in [0.29, 0.717) is 18.3 Å². The van der Waals surface area contributed by atoms with Gasteiger partial charge in [-0.2, -0.15) is 4.98 Å². The van der Waals surface area contributed by atoms with Crippen molar-refractivity contribution in [2.45, 2.75) is 13.3 Å². The van der Waals surface area contributed by atoms with Gasteiger partial charge in [0.15, 0.2) is 5.82 Å². The largest absolute Gasteiger partial charge is 0.489 e. The van der Waals surface area contributed by atoms with Crippen LogP contribution in [0.5, 0.6) is 5.75 Å². The van der Waals surface area contributed by atoms with E-state index in [1.165, 1.54) is 5.57 Å². The highest BCUT2D eigenvalue weighted by molar-refractivity contribution is 9.10. The lowest BCUT2D eigenvalue weighted by atomic mass is 10.1. The molecule has 21 heavy (non-hydrogen) atoms. The summed E-state index contributed by atoms with van der Waals surface area (Å²) in [5.74, 6) is 2.28. The van der Waals surface area contributed by atoms with Gasteiger partial charge in [-0.1, -0.05) is 21.1 Å². The zero-order valence-corrected chi connectivity index (χ0v) is 13.3. The van der Waals surface area contributed by atoms with Crippen molar-refractivity contribution in [2.75, 3.05) is 19.7 Å². The van der Waals surface area contributed by atoms with Gasteiger partial charge in [0.1, 0.15) is 12.4 Å². The summed E-state index contributed by atoms with van der Waals surface area (Å²) in [5.41, 5.74) is 2.34. The van der Waals surface area contributed by atoms with Gasteiger partial charge < -0.3 is 14.6 Å². The Hall–Kier alpha value is -1.66. The second-order valence-electron chi connectivity index (χ2n) is 4.94. The number of hydrogen-bond acceptors (Lipinski definition) is 5. The summed E-state index contributed by atoms with van der Waals surface area (Å²) >= 11 is 3.48. The first-order valence-corrected chi connectivity index (χ1v) is 7.62.